The van der Waals surface area contributed by atoms with Gasteiger partial charge in [-0.1, -0.05) is 18.2 Å². The Labute approximate surface area is 144 Å². The quantitative estimate of drug-likeness (QED) is 0.455. The molecule has 9 heteroatoms. The van der Waals surface area contributed by atoms with Crippen molar-refractivity contribution in [3.8, 4) is 11.8 Å². The van der Waals surface area contributed by atoms with E-state index in [1.165, 1.54) is 6.20 Å². The van der Waals surface area contributed by atoms with Crippen LogP contribution in [0.1, 0.15) is 11.1 Å². The molecule has 0 bridgehead atoms. The Morgan fingerprint density at radius 1 is 1.32 bits per heavy atom. The first-order valence-corrected chi connectivity index (χ1v) is 7.62. The number of phenols is 1. The van der Waals surface area contributed by atoms with E-state index in [4.69, 9.17) is 11.0 Å². The number of carbonyl (C=O) groups is 1. The molecule has 25 heavy (non-hydrogen) atoms. The zero-order valence-electron chi connectivity index (χ0n) is 13.5. The van der Waals surface area contributed by atoms with Gasteiger partial charge in [-0.3, -0.25) is 4.79 Å². The number of nitrogens with zero attached hydrogens (tertiary/aromatic N) is 3. The molecule has 0 unspecified atom stereocenters. The normalized spacial score (nSPS) is 9.92. The molecule has 2 aromatic rings. The SMILES string of the molecule is N#Cc1cnc(NCc2ccccc2O)nc1NCC(=O)NCCN. The number of benzene rings is 1. The van der Waals surface area contributed by atoms with Gasteiger partial charge in [0.15, 0.2) is 0 Å². The number of amides is 1. The minimum absolute atomic E-state index is 0.0371. The molecule has 6 N–H and O–H groups in total. The Bertz CT molecular complexity index is 773. The molecule has 130 valence electrons. The second-order valence-corrected chi connectivity index (χ2v) is 5.04. The van der Waals surface area contributed by atoms with Gasteiger partial charge >= 0.3 is 0 Å². The Morgan fingerprint density at radius 3 is 2.84 bits per heavy atom. The molecule has 0 spiro atoms. The lowest BCUT2D eigenvalue weighted by atomic mass is 10.2. The molecular weight excluding hydrogens is 322 g/mol. The van der Waals surface area contributed by atoms with E-state index in [0.717, 1.165) is 0 Å². The Hall–Kier alpha value is -3.38. The van der Waals surface area contributed by atoms with E-state index in [0.29, 0.717) is 25.2 Å². The van der Waals surface area contributed by atoms with Crippen LogP contribution in [-0.4, -0.2) is 40.6 Å². The van der Waals surface area contributed by atoms with Crippen molar-refractivity contribution in [1.29, 1.82) is 5.26 Å². The third-order valence-corrected chi connectivity index (χ3v) is 3.22. The third kappa shape index (κ3) is 5.33. The van der Waals surface area contributed by atoms with Crippen LogP contribution >= 0.6 is 0 Å². The first kappa shape index (κ1) is 18.0. The molecule has 0 radical (unpaired) electrons. The highest BCUT2D eigenvalue weighted by Crippen LogP contribution is 2.17. The Balaban J connectivity index is 2.02. The fourth-order valence-corrected chi connectivity index (χ4v) is 1.96. The van der Waals surface area contributed by atoms with Crippen LogP contribution in [0.2, 0.25) is 0 Å². The molecule has 0 atom stereocenters. The van der Waals surface area contributed by atoms with Gasteiger partial charge in [0.1, 0.15) is 23.2 Å². The topological polar surface area (TPSA) is 149 Å². The summed E-state index contributed by atoms with van der Waals surface area (Å²) in [5, 5.41) is 27.3. The molecule has 9 nitrogen and oxygen atoms in total. The first-order valence-electron chi connectivity index (χ1n) is 7.62. The number of carbonyl (C=O) groups excluding carboxylic acids is 1. The minimum atomic E-state index is -0.253. The number of nitrogens with two attached hydrogens (primary N) is 1. The van der Waals surface area contributed by atoms with Crippen molar-refractivity contribution in [1.82, 2.24) is 15.3 Å². The zero-order chi connectivity index (χ0) is 18.1. The first-order chi connectivity index (χ1) is 12.1. The average molecular weight is 341 g/mol. The standard InChI is InChI=1S/C16H19N7O2/c17-5-6-19-14(25)10-20-15-12(7-18)9-22-16(23-15)21-8-11-3-1-2-4-13(11)24/h1-4,9,24H,5-6,8,10,17H2,(H,19,25)(H2,20,21,22,23). The van der Waals surface area contributed by atoms with Crippen molar-refractivity contribution in [3.05, 3.63) is 41.6 Å². The number of nitriles is 1. The molecule has 0 saturated carbocycles. The van der Waals surface area contributed by atoms with Crippen LogP contribution in [-0.2, 0) is 11.3 Å². The smallest absolute Gasteiger partial charge is 0.239 e. The number of hydrogen-bond donors (Lipinski definition) is 5. The number of hydrogen-bond acceptors (Lipinski definition) is 8. The number of nitrogens with one attached hydrogen (secondary N) is 3. The van der Waals surface area contributed by atoms with E-state index < -0.39 is 0 Å². The zero-order valence-corrected chi connectivity index (χ0v) is 13.5. The average Bonchev–Trinajstić information content (AvgIpc) is 2.64. The largest absolute Gasteiger partial charge is 0.508 e. The summed E-state index contributed by atoms with van der Waals surface area (Å²) in [7, 11) is 0. The predicted molar refractivity (Wildman–Crippen MR) is 92.7 cm³/mol. The van der Waals surface area contributed by atoms with Crippen LogP contribution in [0, 0.1) is 11.3 Å². The molecule has 0 aliphatic heterocycles. The summed E-state index contributed by atoms with van der Waals surface area (Å²) >= 11 is 0. The number of rotatable bonds is 8. The van der Waals surface area contributed by atoms with Gasteiger partial charge in [0.05, 0.1) is 12.7 Å². The lowest BCUT2D eigenvalue weighted by Gasteiger charge is -2.10. The molecule has 1 aromatic heterocycles. The van der Waals surface area contributed by atoms with E-state index >= 15 is 0 Å². The van der Waals surface area contributed by atoms with E-state index in [-0.39, 0.29) is 35.5 Å². The van der Waals surface area contributed by atoms with Crippen molar-refractivity contribution in [3.63, 3.8) is 0 Å². The van der Waals surface area contributed by atoms with Gasteiger partial charge in [0.2, 0.25) is 11.9 Å². The van der Waals surface area contributed by atoms with Crippen LogP contribution in [0.4, 0.5) is 11.8 Å². The second kappa shape index (κ2) is 9.05. The molecule has 1 amide bonds. The van der Waals surface area contributed by atoms with E-state index in [2.05, 4.69) is 25.9 Å². The number of anilines is 2. The van der Waals surface area contributed by atoms with Crippen LogP contribution in [0.25, 0.3) is 0 Å². The molecule has 0 saturated heterocycles. The number of para-hydroxylation sites is 1. The fourth-order valence-electron chi connectivity index (χ4n) is 1.96. The molecule has 1 aromatic carbocycles. The lowest BCUT2D eigenvalue weighted by Crippen LogP contribution is -2.33. The van der Waals surface area contributed by atoms with Gasteiger partial charge in [-0.15, -0.1) is 0 Å². The van der Waals surface area contributed by atoms with Crippen LogP contribution in [0.15, 0.2) is 30.5 Å². The van der Waals surface area contributed by atoms with Crippen molar-refractivity contribution in [2.45, 2.75) is 6.54 Å². The molecule has 1 heterocycles. The highest BCUT2D eigenvalue weighted by atomic mass is 16.3. The summed E-state index contributed by atoms with van der Waals surface area (Å²) in [5.74, 6) is 0.433. The number of phenolic OH excluding ortho intramolecular Hbond substituents is 1. The summed E-state index contributed by atoms with van der Waals surface area (Å²) in [4.78, 5) is 19.9. The Morgan fingerprint density at radius 2 is 2.12 bits per heavy atom. The van der Waals surface area contributed by atoms with E-state index in [9.17, 15) is 9.90 Å². The summed E-state index contributed by atoms with van der Waals surface area (Å²) in [6.45, 7) is 1.01. The van der Waals surface area contributed by atoms with Crippen molar-refractivity contribution in [2.24, 2.45) is 5.73 Å². The third-order valence-electron chi connectivity index (χ3n) is 3.22. The van der Waals surface area contributed by atoms with Crippen molar-refractivity contribution < 1.29 is 9.90 Å². The fraction of sp³-hybridized carbons (Fsp3) is 0.250. The summed E-state index contributed by atoms with van der Waals surface area (Å²) in [6.07, 6.45) is 1.36. The highest BCUT2D eigenvalue weighted by Gasteiger charge is 2.09. The number of aromatic hydroxyl groups is 1. The highest BCUT2D eigenvalue weighted by molar-refractivity contribution is 5.80. The molecule has 2 rings (SSSR count). The van der Waals surface area contributed by atoms with Gasteiger partial charge in [0.25, 0.3) is 0 Å². The second-order valence-electron chi connectivity index (χ2n) is 5.04. The van der Waals surface area contributed by atoms with Gasteiger partial charge in [-0.05, 0) is 6.07 Å². The van der Waals surface area contributed by atoms with Gasteiger partial charge < -0.3 is 26.8 Å². The minimum Gasteiger partial charge on any atom is -0.508 e. The van der Waals surface area contributed by atoms with Crippen LogP contribution in [0.5, 0.6) is 5.75 Å². The summed E-state index contributed by atoms with van der Waals surface area (Å²) in [6, 6.07) is 8.86. The van der Waals surface area contributed by atoms with E-state index in [1.54, 1.807) is 18.2 Å². The maximum absolute atomic E-state index is 11.6. The van der Waals surface area contributed by atoms with Crippen molar-refractivity contribution >= 4 is 17.7 Å². The van der Waals surface area contributed by atoms with Gasteiger partial charge in [-0.2, -0.15) is 10.2 Å². The van der Waals surface area contributed by atoms with Gasteiger partial charge in [-0.25, -0.2) is 4.98 Å². The van der Waals surface area contributed by atoms with Crippen LogP contribution < -0.4 is 21.7 Å². The summed E-state index contributed by atoms with van der Waals surface area (Å²) < 4.78 is 0. The molecule has 0 aliphatic rings. The Kier molecular flexibility index (Phi) is 6.50. The van der Waals surface area contributed by atoms with Crippen LogP contribution in [0.3, 0.4) is 0 Å². The maximum atomic E-state index is 11.6. The van der Waals surface area contributed by atoms with E-state index in [1.807, 2.05) is 12.1 Å². The molecule has 0 fully saturated rings. The lowest BCUT2D eigenvalue weighted by molar-refractivity contribution is -0.119. The number of aromatic nitrogens is 2. The predicted octanol–water partition coefficient (Wildman–Crippen LogP) is 0.153. The molecule has 0 aliphatic carbocycles. The monoisotopic (exact) mass is 341 g/mol. The summed E-state index contributed by atoms with van der Waals surface area (Å²) in [5.41, 5.74) is 6.22. The molecular formula is C16H19N7O2. The van der Waals surface area contributed by atoms with Gasteiger partial charge in [0, 0.05) is 25.2 Å². The van der Waals surface area contributed by atoms with Crippen molar-refractivity contribution in [2.75, 3.05) is 30.3 Å². The maximum Gasteiger partial charge on any atom is 0.239 e.